The van der Waals surface area contributed by atoms with Crippen LogP contribution in [0.1, 0.15) is 27.8 Å². The van der Waals surface area contributed by atoms with Crippen molar-refractivity contribution in [3.63, 3.8) is 0 Å². The summed E-state index contributed by atoms with van der Waals surface area (Å²) in [5, 5.41) is 0. The SMILES string of the molecule is Cc1ccc(COc2cccc(C=Nc3ccc(C)c(C)c3)c2)cc1. The van der Waals surface area contributed by atoms with Gasteiger partial charge >= 0.3 is 0 Å². The molecule has 0 spiro atoms. The maximum atomic E-state index is 5.90. The second-order valence-corrected chi connectivity index (χ2v) is 6.37. The third-order valence-electron chi connectivity index (χ3n) is 4.24. The summed E-state index contributed by atoms with van der Waals surface area (Å²) in [7, 11) is 0. The Bertz CT molecular complexity index is 879. The van der Waals surface area contributed by atoms with E-state index in [9.17, 15) is 0 Å². The van der Waals surface area contributed by atoms with E-state index in [1.807, 2.05) is 36.5 Å². The first-order valence-corrected chi connectivity index (χ1v) is 8.50. The van der Waals surface area contributed by atoms with E-state index in [0.29, 0.717) is 6.61 Å². The zero-order valence-electron chi connectivity index (χ0n) is 15.0. The zero-order chi connectivity index (χ0) is 17.6. The molecular formula is C23H23NO. The van der Waals surface area contributed by atoms with Crippen molar-refractivity contribution in [3.8, 4) is 5.75 Å². The van der Waals surface area contributed by atoms with Crippen molar-refractivity contribution in [2.24, 2.45) is 4.99 Å². The number of aliphatic imine (C=N–C) groups is 1. The molecule has 0 aromatic heterocycles. The molecule has 0 fully saturated rings. The van der Waals surface area contributed by atoms with Crippen LogP contribution in [-0.2, 0) is 6.61 Å². The molecule has 0 N–H and O–H groups in total. The average molecular weight is 329 g/mol. The first kappa shape index (κ1) is 17.0. The first-order chi connectivity index (χ1) is 12.1. The smallest absolute Gasteiger partial charge is 0.120 e. The Morgan fingerprint density at radius 2 is 1.64 bits per heavy atom. The van der Waals surface area contributed by atoms with Crippen molar-refractivity contribution in [1.82, 2.24) is 0 Å². The Kier molecular flexibility index (Phi) is 5.30. The number of nitrogens with zero attached hydrogens (tertiary/aromatic N) is 1. The summed E-state index contributed by atoms with van der Waals surface area (Å²) in [6.45, 7) is 6.87. The van der Waals surface area contributed by atoms with Crippen LogP contribution in [0.2, 0.25) is 0 Å². The molecule has 0 heterocycles. The zero-order valence-corrected chi connectivity index (χ0v) is 15.0. The van der Waals surface area contributed by atoms with Crippen LogP contribution in [0.3, 0.4) is 0 Å². The topological polar surface area (TPSA) is 21.6 Å². The number of hydrogen-bond donors (Lipinski definition) is 0. The summed E-state index contributed by atoms with van der Waals surface area (Å²) in [5.41, 5.74) is 6.96. The van der Waals surface area contributed by atoms with Gasteiger partial charge in [0.15, 0.2) is 0 Å². The molecule has 0 saturated heterocycles. The fourth-order valence-corrected chi connectivity index (χ4v) is 2.49. The minimum Gasteiger partial charge on any atom is -0.489 e. The second-order valence-electron chi connectivity index (χ2n) is 6.37. The van der Waals surface area contributed by atoms with E-state index in [0.717, 1.165) is 17.0 Å². The molecule has 3 rings (SSSR count). The van der Waals surface area contributed by atoms with Crippen molar-refractivity contribution < 1.29 is 4.74 Å². The lowest BCUT2D eigenvalue weighted by atomic mass is 10.1. The van der Waals surface area contributed by atoms with Gasteiger partial charge in [0.1, 0.15) is 12.4 Å². The molecule has 0 radical (unpaired) electrons. The van der Waals surface area contributed by atoms with Crippen molar-refractivity contribution in [2.45, 2.75) is 27.4 Å². The van der Waals surface area contributed by atoms with Crippen LogP contribution in [0.4, 0.5) is 5.69 Å². The molecule has 0 amide bonds. The lowest BCUT2D eigenvalue weighted by Gasteiger charge is -2.07. The molecule has 0 atom stereocenters. The first-order valence-electron chi connectivity index (χ1n) is 8.50. The maximum Gasteiger partial charge on any atom is 0.120 e. The Balaban J connectivity index is 1.67. The van der Waals surface area contributed by atoms with Crippen molar-refractivity contribution in [1.29, 1.82) is 0 Å². The molecule has 0 aliphatic rings. The van der Waals surface area contributed by atoms with Gasteiger partial charge in [-0.15, -0.1) is 0 Å². The second kappa shape index (κ2) is 7.80. The molecule has 2 nitrogen and oxygen atoms in total. The number of aryl methyl sites for hydroxylation is 3. The van der Waals surface area contributed by atoms with Crippen molar-refractivity contribution >= 4 is 11.9 Å². The highest BCUT2D eigenvalue weighted by molar-refractivity contribution is 5.82. The minimum atomic E-state index is 0.567. The predicted octanol–water partition coefficient (Wildman–Crippen LogP) is 5.94. The number of ether oxygens (including phenoxy) is 1. The van der Waals surface area contributed by atoms with E-state index >= 15 is 0 Å². The molecule has 2 heteroatoms. The van der Waals surface area contributed by atoms with Crippen molar-refractivity contribution in [2.75, 3.05) is 0 Å². The van der Waals surface area contributed by atoms with Crippen LogP contribution < -0.4 is 4.74 Å². The van der Waals surface area contributed by atoms with Gasteiger partial charge in [-0.3, -0.25) is 4.99 Å². The van der Waals surface area contributed by atoms with Gasteiger partial charge in [0, 0.05) is 6.21 Å². The van der Waals surface area contributed by atoms with Gasteiger partial charge in [0.2, 0.25) is 0 Å². The standard InChI is InChI=1S/C23H23NO/c1-17-7-10-20(11-8-17)16-25-23-6-4-5-21(14-23)15-24-22-12-9-18(2)19(3)13-22/h4-15H,16H2,1-3H3. The Morgan fingerprint density at radius 3 is 2.40 bits per heavy atom. The third-order valence-corrected chi connectivity index (χ3v) is 4.24. The van der Waals surface area contributed by atoms with Crippen LogP contribution in [-0.4, -0.2) is 6.21 Å². The Hall–Kier alpha value is -2.87. The normalized spacial score (nSPS) is 11.0. The fourth-order valence-electron chi connectivity index (χ4n) is 2.49. The van der Waals surface area contributed by atoms with E-state index < -0.39 is 0 Å². The van der Waals surface area contributed by atoms with Gasteiger partial charge < -0.3 is 4.74 Å². The summed E-state index contributed by atoms with van der Waals surface area (Å²) in [4.78, 5) is 4.57. The van der Waals surface area contributed by atoms with Gasteiger partial charge in [-0.25, -0.2) is 0 Å². The average Bonchev–Trinajstić information content (AvgIpc) is 2.63. The molecule has 3 aromatic carbocycles. The van der Waals surface area contributed by atoms with E-state index in [2.05, 4.69) is 62.2 Å². The summed E-state index contributed by atoms with van der Waals surface area (Å²) >= 11 is 0. The summed E-state index contributed by atoms with van der Waals surface area (Å²) in [6, 6.07) is 22.6. The van der Waals surface area contributed by atoms with Crippen molar-refractivity contribution in [3.05, 3.63) is 94.5 Å². The van der Waals surface area contributed by atoms with Gasteiger partial charge in [-0.1, -0.05) is 48.0 Å². The maximum absolute atomic E-state index is 5.90. The summed E-state index contributed by atoms with van der Waals surface area (Å²) in [5.74, 6) is 0.851. The summed E-state index contributed by atoms with van der Waals surface area (Å²) < 4.78 is 5.90. The van der Waals surface area contributed by atoms with Gasteiger partial charge in [0.05, 0.1) is 5.69 Å². The highest BCUT2D eigenvalue weighted by Gasteiger charge is 1.98. The molecular weight excluding hydrogens is 306 g/mol. The van der Waals surface area contributed by atoms with Crippen LogP contribution in [0.25, 0.3) is 0 Å². The van der Waals surface area contributed by atoms with Crippen LogP contribution in [0, 0.1) is 20.8 Å². The highest BCUT2D eigenvalue weighted by atomic mass is 16.5. The molecule has 0 aliphatic carbocycles. The molecule has 25 heavy (non-hydrogen) atoms. The predicted molar refractivity (Wildman–Crippen MR) is 105 cm³/mol. The van der Waals surface area contributed by atoms with Crippen LogP contribution in [0.5, 0.6) is 5.75 Å². The van der Waals surface area contributed by atoms with Gasteiger partial charge in [0.25, 0.3) is 0 Å². The van der Waals surface area contributed by atoms with E-state index in [1.165, 1.54) is 22.3 Å². The third kappa shape index (κ3) is 4.80. The van der Waals surface area contributed by atoms with E-state index in [-0.39, 0.29) is 0 Å². The van der Waals surface area contributed by atoms with E-state index in [1.54, 1.807) is 0 Å². The minimum absolute atomic E-state index is 0.567. The molecule has 0 saturated carbocycles. The number of rotatable bonds is 5. The lowest BCUT2D eigenvalue weighted by Crippen LogP contribution is -1.96. The molecule has 126 valence electrons. The highest BCUT2D eigenvalue weighted by Crippen LogP contribution is 2.18. The Labute approximate surface area is 149 Å². The monoisotopic (exact) mass is 329 g/mol. The van der Waals surface area contributed by atoms with Crippen LogP contribution in [0.15, 0.2) is 71.7 Å². The molecule has 0 aliphatic heterocycles. The fraction of sp³-hybridized carbons (Fsp3) is 0.174. The van der Waals surface area contributed by atoms with E-state index in [4.69, 9.17) is 4.74 Å². The number of hydrogen-bond acceptors (Lipinski definition) is 2. The largest absolute Gasteiger partial charge is 0.489 e. The summed E-state index contributed by atoms with van der Waals surface area (Å²) in [6.07, 6.45) is 1.88. The quantitative estimate of drug-likeness (QED) is 0.531. The van der Waals surface area contributed by atoms with Gasteiger partial charge in [-0.2, -0.15) is 0 Å². The van der Waals surface area contributed by atoms with Gasteiger partial charge in [-0.05, 0) is 67.3 Å². The molecule has 0 bridgehead atoms. The lowest BCUT2D eigenvalue weighted by molar-refractivity contribution is 0.306. The molecule has 0 unspecified atom stereocenters. The van der Waals surface area contributed by atoms with Crippen LogP contribution >= 0.6 is 0 Å². The molecule has 3 aromatic rings. The Morgan fingerprint density at radius 1 is 0.840 bits per heavy atom. The number of benzene rings is 3.